The van der Waals surface area contributed by atoms with E-state index in [0.717, 1.165) is 23.4 Å². The van der Waals surface area contributed by atoms with Gasteiger partial charge in [0.05, 0.1) is 5.33 Å². The Kier molecular flexibility index (Phi) is 3.93. The fourth-order valence-electron chi connectivity index (χ4n) is 1.64. The monoisotopic (exact) mass is 273 g/mol. The lowest BCUT2D eigenvalue weighted by Gasteiger charge is -2.20. The first-order valence-corrected chi connectivity index (χ1v) is 6.46. The molecule has 0 bridgehead atoms. The summed E-state index contributed by atoms with van der Waals surface area (Å²) in [5.74, 6) is 2.11. The fraction of sp³-hybridized carbons (Fsp3) is 0.818. The van der Waals surface area contributed by atoms with Crippen LogP contribution in [0.25, 0.3) is 0 Å². The van der Waals surface area contributed by atoms with E-state index >= 15 is 0 Å². The fourth-order valence-corrected chi connectivity index (χ4v) is 2.03. The summed E-state index contributed by atoms with van der Waals surface area (Å²) in [7, 11) is 0. The van der Waals surface area contributed by atoms with Gasteiger partial charge in [0.2, 0.25) is 0 Å². The molecule has 0 unspecified atom stereocenters. The molecule has 0 N–H and O–H groups in total. The Bertz CT molecular complexity index is 323. The average Bonchev–Trinajstić information content (AvgIpc) is 2.44. The molecular formula is C11H20BrN3. The summed E-state index contributed by atoms with van der Waals surface area (Å²) in [4.78, 5) is 0. The quantitative estimate of drug-likeness (QED) is 0.791. The molecule has 1 aromatic heterocycles. The Hall–Kier alpha value is -0.380. The normalized spacial score (nSPS) is 12.5. The van der Waals surface area contributed by atoms with E-state index in [1.807, 2.05) is 0 Å². The molecule has 0 aliphatic carbocycles. The Morgan fingerprint density at radius 1 is 1.20 bits per heavy atom. The minimum absolute atomic E-state index is 0.253. The van der Waals surface area contributed by atoms with Gasteiger partial charge in [0, 0.05) is 12.5 Å². The van der Waals surface area contributed by atoms with Crippen molar-refractivity contribution in [3.63, 3.8) is 0 Å². The van der Waals surface area contributed by atoms with Crippen LogP contribution in [0.15, 0.2) is 0 Å². The van der Waals surface area contributed by atoms with Crippen LogP contribution in [-0.2, 0) is 11.8 Å². The van der Waals surface area contributed by atoms with Gasteiger partial charge >= 0.3 is 0 Å². The molecule has 0 spiro atoms. The van der Waals surface area contributed by atoms with Crippen molar-refractivity contribution in [1.29, 1.82) is 0 Å². The van der Waals surface area contributed by atoms with Crippen LogP contribution in [0.5, 0.6) is 0 Å². The predicted molar refractivity (Wildman–Crippen MR) is 66.2 cm³/mol. The predicted octanol–water partition coefficient (Wildman–Crippen LogP) is 3.34. The summed E-state index contributed by atoms with van der Waals surface area (Å²) in [6.45, 7) is 11.0. The number of alkyl halides is 1. The number of halogens is 1. The van der Waals surface area contributed by atoms with Crippen molar-refractivity contribution in [1.82, 2.24) is 14.8 Å². The third-order valence-corrected chi connectivity index (χ3v) is 2.66. The Balaban J connectivity index is 3.03. The molecule has 0 aliphatic heterocycles. The third-order valence-electron chi connectivity index (χ3n) is 2.16. The number of rotatable bonds is 3. The number of aromatic nitrogens is 3. The molecular weight excluding hydrogens is 254 g/mol. The summed E-state index contributed by atoms with van der Waals surface area (Å²) in [6, 6.07) is 0.421. The molecule has 0 aliphatic rings. The molecule has 0 saturated carbocycles. The van der Waals surface area contributed by atoms with Crippen molar-refractivity contribution >= 4 is 15.9 Å². The zero-order valence-corrected chi connectivity index (χ0v) is 11.8. The smallest absolute Gasteiger partial charge is 0.143 e. The lowest BCUT2D eigenvalue weighted by Crippen LogP contribution is -2.16. The van der Waals surface area contributed by atoms with Gasteiger partial charge in [-0.05, 0) is 19.3 Å². The molecule has 1 aromatic rings. The van der Waals surface area contributed by atoms with E-state index in [1.165, 1.54) is 0 Å². The summed E-state index contributed by atoms with van der Waals surface area (Å²) in [6.07, 6.45) is 0.963. The second kappa shape index (κ2) is 4.64. The van der Waals surface area contributed by atoms with Crippen LogP contribution >= 0.6 is 15.9 Å². The van der Waals surface area contributed by atoms with Gasteiger partial charge in [-0.2, -0.15) is 0 Å². The molecule has 0 aromatic carbocycles. The van der Waals surface area contributed by atoms with Crippen molar-refractivity contribution in [2.75, 3.05) is 0 Å². The molecule has 15 heavy (non-hydrogen) atoms. The van der Waals surface area contributed by atoms with Crippen LogP contribution in [0.2, 0.25) is 0 Å². The van der Waals surface area contributed by atoms with Gasteiger partial charge in [-0.25, -0.2) is 0 Å². The van der Waals surface area contributed by atoms with E-state index in [2.05, 4.69) is 65.3 Å². The highest BCUT2D eigenvalue weighted by Crippen LogP contribution is 2.22. The minimum Gasteiger partial charge on any atom is -0.312 e. The minimum atomic E-state index is 0.253. The maximum atomic E-state index is 4.28. The zero-order chi connectivity index (χ0) is 11.6. The van der Waals surface area contributed by atoms with Crippen molar-refractivity contribution in [3.05, 3.63) is 11.6 Å². The first kappa shape index (κ1) is 12.7. The summed E-state index contributed by atoms with van der Waals surface area (Å²) in [5.41, 5.74) is 0.253. The average molecular weight is 274 g/mol. The van der Waals surface area contributed by atoms with Crippen LogP contribution in [0.1, 0.15) is 52.3 Å². The molecule has 0 fully saturated rings. The van der Waals surface area contributed by atoms with Gasteiger partial charge in [-0.3, -0.25) is 0 Å². The highest BCUT2D eigenvalue weighted by Gasteiger charge is 2.19. The largest absolute Gasteiger partial charge is 0.312 e. The highest BCUT2D eigenvalue weighted by molar-refractivity contribution is 9.08. The molecule has 0 saturated heterocycles. The van der Waals surface area contributed by atoms with Gasteiger partial charge in [0.25, 0.3) is 0 Å². The number of hydrogen-bond donors (Lipinski definition) is 0. The highest BCUT2D eigenvalue weighted by atomic mass is 79.9. The van der Waals surface area contributed by atoms with Crippen molar-refractivity contribution in [2.24, 2.45) is 5.41 Å². The first-order valence-electron chi connectivity index (χ1n) is 5.34. The van der Waals surface area contributed by atoms with Crippen molar-refractivity contribution in [3.8, 4) is 0 Å². The second-order valence-corrected chi connectivity index (χ2v) is 5.93. The lowest BCUT2D eigenvalue weighted by atomic mass is 9.92. The van der Waals surface area contributed by atoms with Gasteiger partial charge in [-0.15, -0.1) is 10.2 Å². The van der Waals surface area contributed by atoms with E-state index in [9.17, 15) is 0 Å². The molecule has 0 atom stereocenters. The molecule has 4 heteroatoms. The van der Waals surface area contributed by atoms with Gasteiger partial charge in [0.1, 0.15) is 11.6 Å². The van der Waals surface area contributed by atoms with Crippen molar-refractivity contribution in [2.45, 2.75) is 52.4 Å². The summed E-state index contributed by atoms with van der Waals surface area (Å²) >= 11 is 3.45. The van der Waals surface area contributed by atoms with Crippen LogP contribution < -0.4 is 0 Å². The molecule has 1 rings (SSSR count). The van der Waals surface area contributed by atoms with Crippen LogP contribution in [0.3, 0.4) is 0 Å². The molecule has 3 nitrogen and oxygen atoms in total. The topological polar surface area (TPSA) is 30.7 Å². The SMILES string of the molecule is CC(C)n1c(CBr)nnc1CC(C)(C)C. The van der Waals surface area contributed by atoms with Crippen LogP contribution in [-0.4, -0.2) is 14.8 Å². The summed E-state index contributed by atoms with van der Waals surface area (Å²) in [5, 5.41) is 9.25. The van der Waals surface area contributed by atoms with Gasteiger partial charge in [0.15, 0.2) is 0 Å². The standard InChI is InChI=1S/C11H20BrN3/c1-8(2)15-9(6-11(3,4)5)13-14-10(15)7-12/h8H,6-7H2,1-5H3. The molecule has 86 valence electrons. The maximum Gasteiger partial charge on any atom is 0.143 e. The maximum absolute atomic E-state index is 4.28. The molecule has 0 radical (unpaired) electrons. The van der Waals surface area contributed by atoms with E-state index in [1.54, 1.807) is 0 Å². The molecule has 0 amide bonds. The Morgan fingerprint density at radius 2 is 1.73 bits per heavy atom. The van der Waals surface area contributed by atoms with Crippen LogP contribution in [0, 0.1) is 5.41 Å². The number of nitrogens with zero attached hydrogens (tertiary/aromatic N) is 3. The van der Waals surface area contributed by atoms with E-state index in [0.29, 0.717) is 6.04 Å². The third kappa shape index (κ3) is 3.30. The van der Waals surface area contributed by atoms with E-state index < -0.39 is 0 Å². The number of hydrogen-bond acceptors (Lipinski definition) is 2. The lowest BCUT2D eigenvalue weighted by molar-refractivity contribution is 0.385. The summed E-state index contributed by atoms with van der Waals surface area (Å²) < 4.78 is 2.22. The second-order valence-electron chi connectivity index (χ2n) is 5.37. The van der Waals surface area contributed by atoms with E-state index in [-0.39, 0.29) is 5.41 Å². The van der Waals surface area contributed by atoms with Gasteiger partial charge < -0.3 is 4.57 Å². The Labute approximate surface area is 100 Å². The Morgan fingerprint density at radius 3 is 2.13 bits per heavy atom. The van der Waals surface area contributed by atoms with Crippen molar-refractivity contribution < 1.29 is 0 Å². The van der Waals surface area contributed by atoms with Gasteiger partial charge in [-0.1, -0.05) is 36.7 Å². The first-order chi connectivity index (χ1) is 6.85. The van der Waals surface area contributed by atoms with E-state index in [4.69, 9.17) is 0 Å². The van der Waals surface area contributed by atoms with Crippen LogP contribution in [0.4, 0.5) is 0 Å². The zero-order valence-electron chi connectivity index (χ0n) is 10.2. The molecule has 1 heterocycles.